The van der Waals surface area contributed by atoms with Crippen molar-refractivity contribution in [1.29, 1.82) is 0 Å². The molecule has 4 saturated carbocycles. The van der Waals surface area contributed by atoms with Crippen LogP contribution in [0.15, 0.2) is 11.6 Å². The number of fused-ring (bicyclic) bond motifs is 4. The highest BCUT2D eigenvalue weighted by molar-refractivity contribution is 5.96. The topological polar surface area (TPSA) is 52.6 Å². The molecule has 4 nitrogen and oxygen atoms in total. The molecule has 0 radical (unpaired) electrons. The van der Waals surface area contributed by atoms with Gasteiger partial charge in [-0.25, -0.2) is 9.59 Å². The molecular formula is C25H38O4. The van der Waals surface area contributed by atoms with Crippen molar-refractivity contribution in [3.8, 4) is 0 Å². The molecule has 0 aromatic rings. The van der Waals surface area contributed by atoms with Crippen molar-refractivity contribution in [3.63, 3.8) is 0 Å². The predicted molar refractivity (Wildman–Crippen MR) is 112 cm³/mol. The molecule has 0 saturated heterocycles. The Balaban J connectivity index is 1.38. The Morgan fingerprint density at radius 1 is 0.793 bits per heavy atom. The molecule has 4 aliphatic carbocycles. The fraction of sp³-hybridized carbons (Fsp3) is 0.840. The van der Waals surface area contributed by atoms with Crippen molar-refractivity contribution >= 4 is 11.9 Å². The zero-order chi connectivity index (χ0) is 21.4. The zero-order valence-electron chi connectivity index (χ0n) is 19.3. The van der Waals surface area contributed by atoms with Gasteiger partial charge in [0.15, 0.2) is 0 Å². The van der Waals surface area contributed by atoms with Gasteiger partial charge in [0.05, 0.1) is 0 Å². The van der Waals surface area contributed by atoms with E-state index < -0.39 is 5.97 Å². The summed E-state index contributed by atoms with van der Waals surface area (Å²) in [4.78, 5) is 25.3. The van der Waals surface area contributed by atoms with Crippen molar-refractivity contribution in [2.75, 3.05) is 0 Å². The minimum atomic E-state index is -0.409. The lowest BCUT2D eigenvalue weighted by molar-refractivity contribution is -0.154. The summed E-state index contributed by atoms with van der Waals surface area (Å²) in [6.45, 7) is 15.4. The Bertz CT molecular complexity index is 763. The zero-order valence-corrected chi connectivity index (χ0v) is 19.3. The van der Waals surface area contributed by atoms with Crippen LogP contribution < -0.4 is 0 Å². The fourth-order valence-corrected chi connectivity index (χ4v) is 7.25. The third-order valence-corrected chi connectivity index (χ3v) is 10.6. The molecule has 0 aliphatic heterocycles. The molecule has 0 heterocycles. The van der Waals surface area contributed by atoms with Crippen LogP contribution in [-0.4, -0.2) is 24.1 Å². The first-order valence-electron chi connectivity index (χ1n) is 11.4. The second-order valence-corrected chi connectivity index (χ2v) is 11.9. The normalized spacial score (nSPS) is 44.2. The maximum atomic E-state index is 12.7. The average molecular weight is 403 g/mol. The van der Waals surface area contributed by atoms with Crippen LogP contribution in [0.3, 0.4) is 0 Å². The van der Waals surface area contributed by atoms with Gasteiger partial charge in [-0.3, -0.25) is 0 Å². The van der Waals surface area contributed by atoms with Crippen LogP contribution in [0.4, 0.5) is 0 Å². The number of hydrogen-bond acceptors (Lipinski definition) is 4. The van der Waals surface area contributed by atoms with Crippen molar-refractivity contribution < 1.29 is 19.1 Å². The van der Waals surface area contributed by atoms with Crippen LogP contribution in [-0.2, 0) is 19.1 Å². The summed E-state index contributed by atoms with van der Waals surface area (Å²) in [7, 11) is 0. The van der Waals surface area contributed by atoms with Gasteiger partial charge in [0.2, 0.25) is 0 Å². The molecule has 6 unspecified atom stereocenters. The molecule has 162 valence electrons. The van der Waals surface area contributed by atoms with Crippen LogP contribution >= 0.6 is 0 Å². The van der Waals surface area contributed by atoms with E-state index in [-0.39, 0.29) is 39.8 Å². The highest BCUT2D eigenvalue weighted by Gasteiger charge is 2.64. The van der Waals surface area contributed by atoms with Gasteiger partial charge in [-0.05, 0) is 68.1 Å². The van der Waals surface area contributed by atoms with Gasteiger partial charge < -0.3 is 9.47 Å². The molecule has 0 aromatic carbocycles. The summed E-state index contributed by atoms with van der Waals surface area (Å²) in [5.41, 5.74) is 0.778. The Morgan fingerprint density at radius 3 is 1.62 bits per heavy atom. The molecule has 0 aromatic heterocycles. The lowest BCUT2D eigenvalue weighted by atomic mass is 9.70. The predicted octanol–water partition coefficient (Wildman–Crippen LogP) is 5.45. The summed E-state index contributed by atoms with van der Waals surface area (Å²) < 4.78 is 11.8. The number of rotatable bonds is 4. The third-order valence-electron chi connectivity index (χ3n) is 10.6. The molecule has 0 N–H and O–H groups in total. The number of ether oxygens (including phenoxy) is 2. The quantitative estimate of drug-likeness (QED) is 0.463. The molecule has 4 bridgehead atoms. The lowest BCUT2D eigenvalue weighted by Crippen LogP contribution is -2.38. The van der Waals surface area contributed by atoms with E-state index in [1.807, 2.05) is 0 Å². The van der Waals surface area contributed by atoms with Crippen molar-refractivity contribution in [2.45, 2.75) is 99.2 Å². The lowest BCUT2D eigenvalue weighted by Gasteiger charge is -2.38. The van der Waals surface area contributed by atoms with Crippen molar-refractivity contribution in [3.05, 3.63) is 11.6 Å². The van der Waals surface area contributed by atoms with E-state index >= 15 is 0 Å². The monoisotopic (exact) mass is 402 g/mol. The average Bonchev–Trinajstić information content (AvgIpc) is 3.13. The minimum Gasteiger partial charge on any atom is -0.459 e. The number of hydrogen-bond donors (Lipinski definition) is 0. The Morgan fingerprint density at radius 2 is 1.24 bits per heavy atom. The van der Waals surface area contributed by atoms with Gasteiger partial charge in [-0.1, -0.05) is 41.5 Å². The first kappa shape index (κ1) is 20.9. The molecule has 4 aliphatic rings. The van der Waals surface area contributed by atoms with Crippen LogP contribution in [0.5, 0.6) is 0 Å². The van der Waals surface area contributed by atoms with Crippen LogP contribution in [0.1, 0.15) is 87.0 Å². The van der Waals surface area contributed by atoms with E-state index in [1.54, 1.807) is 6.92 Å². The molecule has 4 heteroatoms. The van der Waals surface area contributed by atoms with Crippen LogP contribution in [0.25, 0.3) is 0 Å². The third kappa shape index (κ3) is 2.76. The summed E-state index contributed by atoms with van der Waals surface area (Å²) in [6.07, 6.45) is 7.72. The first-order valence-corrected chi connectivity index (χ1v) is 11.4. The smallest absolute Gasteiger partial charge is 0.334 e. The van der Waals surface area contributed by atoms with Gasteiger partial charge in [0, 0.05) is 22.5 Å². The van der Waals surface area contributed by atoms with Gasteiger partial charge in [0.25, 0.3) is 0 Å². The highest BCUT2D eigenvalue weighted by Crippen LogP contribution is 2.67. The molecule has 4 fully saturated rings. The molecular weight excluding hydrogens is 364 g/mol. The van der Waals surface area contributed by atoms with E-state index in [0.717, 1.165) is 25.7 Å². The molecule has 4 rings (SSSR count). The number of carbonyl (C=O) groups excluding carboxylic acids is 2. The number of carbonyl (C=O) groups is 2. The summed E-state index contributed by atoms with van der Waals surface area (Å²) >= 11 is 0. The maximum absolute atomic E-state index is 12.7. The Labute approximate surface area is 175 Å². The summed E-state index contributed by atoms with van der Waals surface area (Å²) in [5, 5.41) is 0. The standard InChI is InChI=1S/C25H38O4/c1-15(21(27)29-19-14-17-9-11-25(19,7)23(17,4)5)12-20(26)28-18-13-16-8-10-24(18,6)22(16,2)3/h12,16-19H,8-11,13-14H2,1-7H3/b15-12+. The van der Waals surface area contributed by atoms with E-state index in [1.165, 1.54) is 18.9 Å². The first-order chi connectivity index (χ1) is 13.3. The van der Waals surface area contributed by atoms with Crippen molar-refractivity contribution in [1.82, 2.24) is 0 Å². The van der Waals surface area contributed by atoms with E-state index in [2.05, 4.69) is 41.5 Å². The van der Waals surface area contributed by atoms with Crippen LogP contribution in [0.2, 0.25) is 0 Å². The van der Waals surface area contributed by atoms with E-state index in [9.17, 15) is 9.59 Å². The second-order valence-electron chi connectivity index (χ2n) is 11.9. The largest absolute Gasteiger partial charge is 0.459 e. The Hall–Kier alpha value is -1.32. The maximum Gasteiger partial charge on any atom is 0.334 e. The van der Waals surface area contributed by atoms with Crippen molar-refractivity contribution in [2.24, 2.45) is 33.5 Å². The molecule has 0 spiro atoms. The van der Waals surface area contributed by atoms with Gasteiger partial charge >= 0.3 is 11.9 Å². The summed E-state index contributed by atoms with van der Waals surface area (Å²) in [6, 6.07) is 0. The van der Waals surface area contributed by atoms with Gasteiger partial charge in [-0.2, -0.15) is 0 Å². The fourth-order valence-electron chi connectivity index (χ4n) is 7.25. The van der Waals surface area contributed by atoms with Gasteiger partial charge in [-0.15, -0.1) is 0 Å². The molecule has 0 amide bonds. The SMILES string of the molecule is C/C(=C\C(=O)OC1CC2CCC1(C)C2(C)C)C(=O)OC1CC2CCC1(C)C2(C)C. The Kier molecular flexibility index (Phi) is 4.58. The highest BCUT2D eigenvalue weighted by atomic mass is 16.6. The number of esters is 2. The molecule has 29 heavy (non-hydrogen) atoms. The van der Waals surface area contributed by atoms with E-state index in [0.29, 0.717) is 17.4 Å². The van der Waals surface area contributed by atoms with Gasteiger partial charge in [0.1, 0.15) is 12.2 Å². The molecule has 6 atom stereocenters. The summed E-state index contributed by atoms with van der Waals surface area (Å²) in [5.74, 6) is 0.438. The van der Waals surface area contributed by atoms with E-state index in [4.69, 9.17) is 9.47 Å². The second kappa shape index (κ2) is 6.34. The minimum absolute atomic E-state index is 0.0252. The van der Waals surface area contributed by atoms with Crippen LogP contribution in [0, 0.1) is 33.5 Å².